The van der Waals surface area contributed by atoms with Crippen LogP contribution in [-0.2, 0) is 20.8 Å². The molecule has 0 atom stereocenters. The third-order valence-corrected chi connectivity index (χ3v) is 5.48. The molecule has 0 aromatic carbocycles. The Morgan fingerprint density at radius 2 is 1.88 bits per heavy atom. The van der Waals surface area contributed by atoms with Crippen LogP contribution in [0.1, 0.15) is 64.2 Å². The number of hydrogen-bond donors (Lipinski definition) is 1. The Labute approximate surface area is 190 Å². The number of hydrogen-bond acceptors (Lipinski definition) is 9. The van der Waals surface area contributed by atoms with Gasteiger partial charge in [0.1, 0.15) is 22.1 Å². The van der Waals surface area contributed by atoms with Gasteiger partial charge in [0.15, 0.2) is 0 Å². The van der Waals surface area contributed by atoms with Crippen LogP contribution in [0, 0.1) is 24.0 Å². The van der Waals surface area contributed by atoms with E-state index in [2.05, 4.69) is 10.4 Å². The van der Waals surface area contributed by atoms with E-state index in [0.29, 0.717) is 0 Å². The van der Waals surface area contributed by atoms with Gasteiger partial charge in [0.05, 0.1) is 23.2 Å². The maximum Gasteiger partial charge on any atom is 0.348 e. The van der Waals surface area contributed by atoms with E-state index in [1.165, 1.54) is 13.8 Å². The maximum atomic E-state index is 13.1. The van der Waals surface area contributed by atoms with Crippen molar-refractivity contribution in [3.8, 4) is 0 Å². The molecule has 11 nitrogen and oxygen atoms in total. The molecule has 0 aliphatic heterocycles. The minimum atomic E-state index is -3.21. The lowest BCUT2D eigenvalue weighted by Gasteiger charge is -2.10. The average molecular weight is 488 g/mol. The van der Waals surface area contributed by atoms with Crippen LogP contribution < -0.4 is 5.32 Å². The van der Waals surface area contributed by atoms with Gasteiger partial charge in [0.2, 0.25) is 11.6 Å². The SMILES string of the molecule is CCOC(=O)c1sc(NC(=O)Cn2nc(C(F)F)c([N+](=O)[O-])c2C)c(C(=O)OC(C)C)c1C. The monoisotopic (exact) mass is 488 g/mol. The highest BCUT2D eigenvalue weighted by molar-refractivity contribution is 7.18. The van der Waals surface area contributed by atoms with Crippen molar-refractivity contribution in [1.29, 1.82) is 0 Å². The van der Waals surface area contributed by atoms with Crippen molar-refractivity contribution in [2.75, 3.05) is 11.9 Å². The average Bonchev–Trinajstić information content (AvgIpc) is 3.18. The summed E-state index contributed by atoms with van der Waals surface area (Å²) in [6.07, 6.45) is -3.69. The number of ether oxygens (including phenoxy) is 2. The van der Waals surface area contributed by atoms with Gasteiger partial charge in [-0.1, -0.05) is 0 Å². The number of nitrogens with zero attached hydrogens (tertiary/aromatic N) is 3. The Hall–Kier alpha value is -3.42. The van der Waals surface area contributed by atoms with Crippen LogP contribution in [0.5, 0.6) is 0 Å². The van der Waals surface area contributed by atoms with Crippen LogP contribution in [-0.4, -0.2) is 45.3 Å². The fourth-order valence-electron chi connectivity index (χ4n) is 2.90. The number of halogens is 2. The number of esters is 2. The van der Waals surface area contributed by atoms with E-state index >= 15 is 0 Å². The predicted molar refractivity (Wildman–Crippen MR) is 113 cm³/mol. The van der Waals surface area contributed by atoms with Gasteiger partial charge in [0, 0.05) is 0 Å². The van der Waals surface area contributed by atoms with E-state index in [0.717, 1.165) is 16.0 Å². The fourth-order valence-corrected chi connectivity index (χ4v) is 4.01. The number of anilines is 1. The van der Waals surface area contributed by atoms with Gasteiger partial charge in [-0.3, -0.25) is 19.6 Å². The van der Waals surface area contributed by atoms with Crippen LogP contribution in [0.3, 0.4) is 0 Å². The highest BCUT2D eigenvalue weighted by atomic mass is 32.1. The lowest BCUT2D eigenvalue weighted by Crippen LogP contribution is -2.22. The molecule has 2 aromatic rings. The molecule has 0 saturated carbocycles. The predicted octanol–water partition coefficient (Wildman–Crippen LogP) is 3.79. The molecule has 0 spiro atoms. The van der Waals surface area contributed by atoms with Crippen molar-refractivity contribution in [1.82, 2.24) is 9.78 Å². The largest absolute Gasteiger partial charge is 0.462 e. The first-order valence-electron chi connectivity index (χ1n) is 9.70. The Morgan fingerprint density at radius 3 is 2.36 bits per heavy atom. The Balaban J connectivity index is 2.40. The molecule has 0 fully saturated rings. The van der Waals surface area contributed by atoms with Gasteiger partial charge in [-0.25, -0.2) is 18.4 Å². The van der Waals surface area contributed by atoms with Crippen LogP contribution in [0.25, 0.3) is 0 Å². The Morgan fingerprint density at radius 1 is 1.24 bits per heavy atom. The summed E-state index contributed by atoms with van der Waals surface area (Å²) in [5.41, 5.74) is -1.98. The number of carbonyl (C=O) groups is 3. The van der Waals surface area contributed by atoms with Crippen LogP contribution in [0.15, 0.2) is 0 Å². The fraction of sp³-hybridized carbons (Fsp3) is 0.474. The summed E-state index contributed by atoms with van der Waals surface area (Å²) in [6.45, 7) is 6.97. The summed E-state index contributed by atoms with van der Waals surface area (Å²) in [6, 6.07) is 0. The zero-order valence-corrected chi connectivity index (χ0v) is 19.2. The molecular formula is C19H22F2N4O7S. The smallest absolute Gasteiger partial charge is 0.348 e. The quantitative estimate of drug-likeness (QED) is 0.319. The summed E-state index contributed by atoms with van der Waals surface area (Å²) in [5.74, 6) is -2.29. The second-order valence-electron chi connectivity index (χ2n) is 7.02. The van der Waals surface area contributed by atoms with E-state index < -0.39 is 53.2 Å². The van der Waals surface area contributed by atoms with Crippen molar-refractivity contribution < 1.29 is 37.6 Å². The molecule has 14 heteroatoms. The van der Waals surface area contributed by atoms with Crippen molar-refractivity contribution >= 4 is 39.9 Å². The molecule has 0 unspecified atom stereocenters. The molecule has 0 bridgehead atoms. The first kappa shape index (κ1) is 25.8. The molecule has 180 valence electrons. The number of rotatable bonds is 9. The number of alkyl halides is 2. The van der Waals surface area contributed by atoms with E-state index in [4.69, 9.17) is 9.47 Å². The summed E-state index contributed by atoms with van der Waals surface area (Å²) >= 11 is 0.786. The molecule has 0 saturated heterocycles. The molecule has 1 amide bonds. The van der Waals surface area contributed by atoms with Gasteiger partial charge < -0.3 is 14.8 Å². The van der Waals surface area contributed by atoms with Crippen LogP contribution in [0.4, 0.5) is 19.5 Å². The summed E-state index contributed by atoms with van der Waals surface area (Å²) in [7, 11) is 0. The van der Waals surface area contributed by atoms with Crippen molar-refractivity contribution in [2.45, 2.75) is 53.7 Å². The molecule has 0 aliphatic carbocycles. The molecule has 2 heterocycles. The molecule has 2 rings (SSSR count). The maximum absolute atomic E-state index is 13.1. The van der Waals surface area contributed by atoms with E-state index in [-0.39, 0.29) is 33.3 Å². The first-order valence-corrected chi connectivity index (χ1v) is 10.5. The lowest BCUT2D eigenvalue weighted by molar-refractivity contribution is -0.386. The third-order valence-electron chi connectivity index (χ3n) is 4.29. The van der Waals surface area contributed by atoms with E-state index in [1.807, 2.05) is 0 Å². The second-order valence-corrected chi connectivity index (χ2v) is 8.04. The first-order chi connectivity index (χ1) is 15.4. The lowest BCUT2D eigenvalue weighted by atomic mass is 10.1. The summed E-state index contributed by atoms with van der Waals surface area (Å²) < 4.78 is 37.2. The van der Waals surface area contributed by atoms with Crippen LogP contribution in [0.2, 0.25) is 0 Å². The van der Waals surface area contributed by atoms with Gasteiger partial charge in [0.25, 0.3) is 6.43 Å². The highest BCUT2D eigenvalue weighted by Crippen LogP contribution is 2.35. The number of carbonyl (C=O) groups excluding carboxylic acids is 3. The standard InChI is InChI=1S/C19H22F2N4O7S/c1-6-31-19(28)15-9(4)12(18(27)32-8(2)3)17(33-15)22-11(26)7-24-10(5)14(25(29)30)13(23-24)16(20)21/h8,16H,6-7H2,1-5H3,(H,22,26). The van der Waals surface area contributed by atoms with Gasteiger partial charge in [-0.15, -0.1) is 11.3 Å². The zero-order valence-electron chi connectivity index (χ0n) is 18.4. The molecular weight excluding hydrogens is 466 g/mol. The number of nitrogens with one attached hydrogen (secondary N) is 1. The third kappa shape index (κ3) is 5.69. The molecule has 0 aliphatic rings. The molecule has 2 aromatic heterocycles. The van der Waals surface area contributed by atoms with Gasteiger partial charge in [-0.05, 0) is 40.2 Å². The van der Waals surface area contributed by atoms with Crippen molar-refractivity contribution in [3.05, 3.63) is 37.5 Å². The summed E-state index contributed by atoms with van der Waals surface area (Å²) in [5, 5.41) is 17.0. The molecule has 0 radical (unpaired) electrons. The molecule has 33 heavy (non-hydrogen) atoms. The summed E-state index contributed by atoms with van der Waals surface area (Å²) in [4.78, 5) is 47.7. The normalized spacial score (nSPS) is 11.1. The highest BCUT2D eigenvalue weighted by Gasteiger charge is 2.32. The number of nitro groups is 1. The van der Waals surface area contributed by atoms with Crippen molar-refractivity contribution in [2.24, 2.45) is 0 Å². The van der Waals surface area contributed by atoms with E-state index in [9.17, 15) is 33.3 Å². The van der Waals surface area contributed by atoms with Gasteiger partial charge in [-0.2, -0.15) is 5.10 Å². The number of thiophene rings is 1. The Bertz CT molecular complexity index is 1090. The topological polar surface area (TPSA) is 143 Å². The van der Waals surface area contributed by atoms with Crippen LogP contribution >= 0.6 is 11.3 Å². The van der Waals surface area contributed by atoms with Gasteiger partial charge >= 0.3 is 17.6 Å². The zero-order chi connectivity index (χ0) is 25.0. The number of aromatic nitrogens is 2. The number of amides is 1. The minimum absolute atomic E-state index is 0.0143. The minimum Gasteiger partial charge on any atom is -0.462 e. The van der Waals surface area contributed by atoms with E-state index in [1.54, 1.807) is 20.8 Å². The molecule has 1 N–H and O–H groups in total. The Kier molecular flexibility index (Phi) is 8.19. The van der Waals surface area contributed by atoms with Crippen molar-refractivity contribution in [3.63, 3.8) is 0 Å². The second kappa shape index (κ2) is 10.5.